The van der Waals surface area contributed by atoms with E-state index in [9.17, 15) is 4.79 Å². The third-order valence-corrected chi connectivity index (χ3v) is 2.33. The number of benzene rings is 1. The van der Waals surface area contributed by atoms with Crippen LogP contribution in [-0.4, -0.2) is 12.9 Å². The molecular formula is C13H12O3. The number of methoxy groups -OCH3 is 1. The van der Waals surface area contributed by atoms with Crippen LogP contribution in [0.2, 0.25) is 0 Å². The van der Waals surface area contributed by atoms with Crippen LogP contribution in [0.1, 0.15) is 17.3 Å². The van der Waals surface area contributed by atoms with Crippen molar-refractivity contribution in [2.45, 2.75) is 6.92 Å². The summed E-state index contributed by atoms with van der Waals surface area (Å²) in [7, 11) is 1.51. The van der Waals surface area contributed by atoms with Gasteiger partial charge in [-0.1, -0.05) is 30.3 Å². The molecule has 82 valence electrons. The Hall–Kier alpha value is -2.03. The van der Waals surface area contributed by atoms with Gasteiger partial charge in [0.2, 0.25) is 0 Å². The number of rotatable bonds is 3. The molecule has 0 unspecified atom stereocenters. The highest BCUT2D eigenvalue weighted by Crippen LogP contribution is 2.31. The van der Waals surface area contributed by atoms with Crippen LogP contribution in [-0.2, 0) is 0 Å². The van der Waals surface area contributed by atoms with Crippen molar-refractivity contribution < 1.29 is 13.9 Å². The number of carbonyl (C=O) groups is 1. The van der Waals surface area contributed by atoms with Gasteiger partial charge in [0.1, 0.15) is 5.76 Å². The van der Waals surface area contributed by atoms with Crippen LogP contribution in [0.3, 0.4) is 0 Å². The molecule has 1 heterocycles. The SMILES string of the molecule is COc1cc(C(C)=O)c(-c2ccccc2)o1. The molecule has 0 radical (unpaired) electrons. The predicted molar refractivity (Wildman–Crippen MR) is 60.7 cm³/mol. The molecule has 16 heavy (non-hydrogen) atoms. The van der Waals surface area contributed by atoms with Crippen molar-refractivity contribution in [3.63, 3.8) is 0 Å². The highest BCUT2D eigenvalue weighted by atomic mass is 16.6. The number of carbonyl (C=O) groups excluding carboxylic acids is 1. The van der Waals surface area contributed by atoms with Crippen molar-refractivity contribution in [3.05, 3.63) is 42.0 Å². The molecule has 1 aromatic carbocycles. The molecular weight excluding hydrogens is 204 g/mol. The maximum Gasteiger partial charge on any atom is 0.285 e. The van der Waals surface area contributed by atoms with Gasteiger partial charge in [-0.3, -0.25) is 4.79 Å². The summed E-state index contributed by atoms with van der Waals surface area (Å²) in [4.78, 5) is 11.5. The summed E-state index contributed by atoms with van der Waals surface area (Å²) >= 11 is 0. The molecule has 0 aliphatic heterocycles. The summed E-state index contributed by atoms with van der Waals surface area (Å²) in [6, 6.07) is 11.1. The molecule has 2 rings (SSSR count). The molecule has 0 aliphatic rings. The van der Waals surface area contributed by atoms with E-state index in [-0.39, 0.29) is 5.78 Å². The van der Waals surface area contributed by atoms with Crippen molar-refractivity contribution >= 4 is 5.78 Å². The van der Waals surface area contributed by atoms with Gasteiger partial charge in [-0.15, -0.1) is 0 Å². The van der Waals surface area contributed by atoms with Gasteiger partial charge in [-0.05, 0) is 6.92 Å². The van der Waals surface area contributed by atoms with Crippen molar-refractivity contribution in [2.75, 3.05) is 7.11 Å². The lowest BCUT2D eigenvalue weighted by molar-refractivity contribution is 0.101. The van der Waals surface area contributed by atoms with E-state index in [1.165, 1.54) is 14.0 Å². The largest absolute Gasteiger partial charge is 0.468 e. The van der Waals surface area contributed by atoms with Crippen LogP contribution >= 0.6 is 0 Å². The number of ether oxygens (including phenoxy) is 1. The number of Topliss-reactive ketones (excluding diaryl/α,β-unsaturated/α-hetero) is 1. The van der Waals surface area contributed by atoms with Crippen LogP contribution in [0.15, 0.2) is 40.8 Å². The summed E-state index contributed by atoms with van der Waals surface area (Å²) in [6.07, 6.45) is 0. The van der Waals surface area contributed by atoms with Gasteiger partial charge in [-0.25, -0.2) is 0 Å². The first kappa shape index (κ1) is 10.5. The van der Waals surface area contributed by atoms with Gasteiger partial charge in [0.25, 0.3) is 5.95 Å². The maximum absolute atomic E-state index is 11.5. The van der Waals surface area contributed by atoms with Gasteiger partial charge >= 0.3 is 0 Å². The maximum atomic E-state index is 11.5. The zero-order valence-corrected chi connectivity index (χ0v) is 9.19. The smallest absolute Gasteiger partial charge is 0.285 e. The van der Waals surface area contributed by atoms with E-state index >= 15 is 0 Å². The Bertz CT molecular complexity index is 497. The van der Waals surface area contributed by atoms with Gasteiger partial charge in [-0.2, -0.15) is 0 Å². The second-order valence-corrected chi connectivity index (χ2v) is 3.43. The molecule has 3 nitrogen and oxygen atoms in total. The van der Waals surface area contributed by atoms with E-state index < -0.39 is 0 Å². The standard InChI is InChI=1S/C13H12O3/c1-9(14)11-8-12(15-2)16-13(11)10-6-4-3-5-7-10/h3-8H,1-2H3. The lowest BCUT2D eigenvalue weighted by atomic mass is 10.1. The average Bonchev–Trinajstić information content (AvgIpc) is 2.74. The molecule has 0 amide bonds. The van der Waals surface area contributed by atoms with E-state index in [2.05, 4.69) is 0 Å². The topological polar surface area (TPSA) is 39.4 Å². The summed E-state index contributed by atoms with van der Waals surface area (Å²) < 4.78 is 10.5. The minimum Gasteiger partial charge on any atom is -0.468 e. The molecule has 0 aliphatic carbocycles. The van der Waals surface area contributed by atoms with Crippen molar-refractivity contribution in [1.29, 1.82) is 0 Å². The van der Waals surface area contributed by atoms with E-state index in [1.54, 1.807) is 6.07 Å². The molecule has 0 atom stereocenters. The summed E-state index contributed by atoms with van der Waals surface area (Å²) in [5.74, 6) is 0.875. The molecule has 0 spiro atoms. The molecule has 0 saturated carbocycles. The first-order chi connectivity index (χ1) is 7.72. The summed E-state index contributed by atoms with van der Waals surface area (Å²) in [6.45, 7) is 1.51. The third kappa shape index (κ3) is 1.84. The number of hydrogen-bond acceptors (Lipinski definition) is 3. The zero-order valence-electron chi connectivity index (χ0n) is 9.19. The van der Waals surface area contributed by atoms with Crippen LogP contribution in [0.5, 0.6) is 5.95 Å². The average molecular weight is 216 g/mol. The summed E-state index contributed by atoms with van der Waals surface area (Å²) in [5, 5.41) is 0. The van der Waals surface area contributed by atoms with Crippen LogP contribution in [0.4, 0.5) is 0 Å². The monoisotopic (exact) mass is 216 g/mol. The Balaban J connectivity index is 2.55. The van der Waals surface area contributed by atoms with Gasteiger partial charge < -0.3 is 9.15 Å². The molecule has 0 fully saturated rings. The minimum absolute atomic E-state index is 0.0362. The normalized spacial score (nSPS) is 10.1. The molecule has 0 N–H and O–H groups in total. The molecule has 2 aromatic rings. The highest BCUT2D eigenvalue weighted by Gasteiger charge is 2.16. The fourth-order valence-corrected chi connectivity index (χ4v) is 1.53. The lowest BCUT2D eigenvalue weighted by Crippen LogP contribution is -1.91. The molecule has 1 aromatic heterocycles. The first-order valence-electron chi connectivity index (χ1n) is 4.96. The van der Waals surface area contributed by atoms with E-state index in [4.69, 9.17) is 9.15 Å². The Morgan fingerprint density at radius 2 is 1.94 bits per heavy atom. The Morgan fingerprint density at radius 3 is 2.50 bits per heavy atom. The van der Waals surface area contributed by atoms with Gasteiger partial charge in [0.15, 0.2) is 5.78 Å². The van der Waals surface area contributed by atoms with E-state index in [0.717, 1.165) is 5.56 Å². The quantitative estimate of drug-likeness (QED) is 0.740. The molecule has 0 bridgehead atoms. The summed E-state index contributed by atoms with van der Waals surface area (Å²) in [5.41, 5.74) is 1.42. The lowest BCUT2D eigenvalue weighted by Gasteiger charge is -1.98. The van der Waals surface area contributed by atoms with Crippen LogP contribution in [0.25, 0.3) is 11.3 Å². The Labute approximate surface area is 93.7 Å². The van der Waals surface area contributed by atoms with Crippen molar-refractivity contribution in [2.24, 2.45) is 0 Å². The predicted octanol–water partition coefficient (Wildman–Crippen LogP) is 3.16. The Morgan fingerprint density at radius 1 is 1.25 bits per heavy atom. The number of furan rings is 1. The number of hydrogen-bond donors (Lipinski definition) is 0. The van der Waals surface area contributed by atoms with Crippen LogP contribution < -0.4 is 4.74 Å². The van der Waals surface area contributed by atoms with Gasteiger partial charge in [0.05, 0.1) is 12.7 Å². The van der Waals surface area contributed by atoms with Gasteiger partial charge in [0, 0.05) is 11.6 Å². The first-order valence-corrected chi connectivity index (χ1v) is 4.96. The number of ketones is 1. The van der Waals surface area contributed by atoms with Crippen LogP contribution in [0, 0.1) is 0 Å². The fourth-order valence-electron chi connectivity index (χ4n) is 1.53. The second kappa shape index (κ2) is 4.23. The Kier molecular flexibility index (Phi) is 2.77. The zero-order chi connectivity index (χ0) is 11.5. The van der Waals surface area contributed by atoms with E-state index in [0.29, 0.717) is 17.3 Å². The fraction of sp³-hybridized carbons (Fsp3) is 0.154. The minimum atomic E-state index is -0.0362. The molecule has 0 saturated heterocycles. The second-order valence-electron chi connectivity index (χ2n) is 3.43. The van der Waals surface area contributed by atoms with Crippen molar-refractivity contribution in [3.8, 4) is 17.3 Å². The molecule has 3 heteroatoms. The van der Waals surface area contributed by atoms with Crippen molar-refractivity contribution in [1.82, 2.24) is 0 Å². The van der Waals surface area contributed by atoms with E-state index in [1.807, 2.05) is 30.3 Å². The highest BCUT2D eigenvalue weighted by molar-refractivity contribution is 5.99. The third-order valence-electron chi connectivity index (χ3n) is 2.33.